The van der Waals surface area contributed by atoms with Gasteiger partial charge in [0, 0.05) is 12.1 Å². The lowest BCUT2D eigenvalue weighted by molar-refractivity contribution is -0.126. The number of unbranched alkanes of at least 4 members (excludes halogenated alkanes) is 1. The molecule has 1 heterocycles. The van der Waals surface area contributed by atoms with Crippen molar-refractivity contribution in [2.24, 2.45) is 11.8 Å². The highest BCUT2D eigenvalue weighted by molar-refractivity contribution is 5.79. The second-order valence-electron chi connectivity index (χ2n) is 7.47. The van der Waals surface area contributed by atoms with Gasteiger partial charge in [0.1, 0.15) is 0 Å². The first-order chi connectivity index (χ1) is 12.8. The molecule has 1 amide bonds. The number of carbonyl (C=O) groups excluding carboxylic acids is 1. The maximum absolute atomic E-state index is 12.9. The predicted octanol–water partition coefficient (Wildman–Crippen LogP) is 5.28. The Bertz CT molecular complexity index is 624. The highest BCUT2D eigenvalue weighted by atomic mass is 16.1. The molecule has 0 radical (unpaired) electrons. The molecule has 1 fully saturated rings. The van der Waals surface area contributed by atoms with Crippen LogP contribution in [0.5, 0.6) is 0 Å². The predicted molar refractivity (Wildman–Crippen MR) is 106 cm³/mol. The Morgan fingerprint density at radius 1 is 1.08 bits per heavy atom. The van der Waals surface area contributed by atoms with Crippen LogP contribution < -0.4 is 5.32 Å². The van der Waals surface area contributed by atoms with Crippen molar-refractivity contribution in [2.45, 2.75) is 57.9 Å². The summed E-state index contributed by atoms with van der Waals surface area (Å²) in [5, 5.41) is 3.28. The lowest BCUT2D eigenvalue weighted by Gasteiger charge is -2.29. The van der Waals surface area contributed by atoms with Crippen molar-refractivity contribution in [1.29, 1.82) is 0 Å². The van der Waals surface area contributed by atoms with Gasteiger partial charge in [-0.2, -0.15) is 0 Å². The minimum absolute atomic E-state index is 0.141. The molecule has 0 bridgehead atoms. The van der Waals surface area contributed by atoms with Crippen LogP contribution >= 0.6 is 0 Å². The van der Waals surface area contributed by atoms with Crippen LogP contribution in [-0.2, 0) is 4.79 Å². The van der Waals surface area contributed by atoms with Crippen LogP contribution in [0, 0.1) is 11.8 Å². The van der Waals surface area contributed by atoms with E-state index in [1.807, 2.05) is 36.4 Å². The zero-order valence-electron chi connectivity index (χ0n) is 15.7. The highest BCUT2D eigenvalue weighted by Gasteiger charge is 2.28. The van der Waals surface area contributed by atoms with E-state index in [9.17, 15) is 4.79 Å². The maximum Gasteiger partial charge on any atom is 0.223 e. The maximum atomic E-state index is 12.9. The van der Waals surface area contributed by atoms with Gasteiger partial charge in [0.25, 0.3) is 0 Å². The summed E-state index contributed by atoms with van der Waals surface area (Å²) in [6, 6.07) is 15.8. The zero-order chi connectivity index (χ0) is 18.2. The molecule has 1 N–H and O–H groups in total. The van der Waals surface area contributed by atoms with E-state index in [1.165, 1.54) is 32.1 Å². The molecule has 1 aromatic carbocycles. The van der Waals surface area contributed by atoms with Crippen LogP contribution in [0.15, 0.2) is 54.7 Å². The molecule has 1 aromatic heterocycles. The molecule has 3 nitrogen and oxygen atoms in total. The molecule has 1 aliphatic rings. The molecule has 0 aliphatic heterocycles. The summed E-state index contributed by atoms with van der Waals surface area (Å²) in [5.74, 6) is 1.14. The fourth-order valence-corrected chi connectivity index (χ4v) is 3.99. The molecule has 3 heteroatoms. The molecule has 26 heavy (non-hydrogen) atoms. The summed E-state index contributed by atoms with van der Waals surface area (Å²) >= 11 is 0. The smallest absolute Gasteiger partial charge is 0.223 e. The van der Waals surface area contributed by atoms with E-state index < -0.39 is 0 Å². The lowest BCUT2D eigenvalue weighted by Crippen LogP contribution is -2.36. The third-order valence-electron chi connectivity index (χ3n) is 5.59. The van der Waals surface area contributed by atoms with E-state index in [-0.39, 0.29) is 17.9 Å². The lowest BCUT2D eigenvalue weighted by atomic mass is 9.79. The van der Waals surface area contributed by atoms with Gasteiger partial charge in [0.15, 0.2) is 0 Å². The second-order valence-corrected chi connectivity index (χ2v) is 7.47. The number of rotatable bonds is 7. The number of carbonyl (C=O) groups is 1. The molecule has 1 aliphatic carbocycles. The summed E-state index contributed by atoms with van der Waals surface area (Å²) in [6.07, 6.45) is 10.1. The Hall–Kier alpha value is -2.16. The van der Waals surface area contributed by atoms with Gasteiger partial charge in [-0.3, -0.25) is 9.78 Å². The number of amides is 1. The molecular formula is C23H30N2O. The summed E-state index contributed by atoms with van der Waals surface area (Å²) in [5.41, 5.74) is 1.97. The number of hydrogen-bond acceptors (Lipinski definition) is 2. The summed E-state index contributed by atoms with van der Waals surface area (Å²) in [6.45, 7) is 2.25. The second kappa shape index (κ2) is 9.51. The summed E-state index contributed by atoms with van der Waals surface area (Å²) in [4.78, 5) is 17.4. The Balaban J connectivity index is 1.65. The van der Waals surface area contributed by atoms with Crippen molar-refractivity contribution in [3.05, 3.63) is 66.0 Å². The van der Waals surface area contributed by atoms with Crippen molar-refractivity contribution in [3.8, 4) is 0 Å². The largest absolute Gasteiger partial charge is 0.343 e. The van der Waals surface area contributed by atoms with Gasteiger partial charge >= 0.3 is 0 Å². The van der Waals surface area contributed by atoms with Gasteiger partial charge < -0.3 is 5.32 Å². The minimum atomic E-state index is -0.178. The van der Waals surface area contributed by atoms with Crippen molar-refractivity contribution < 1.29 is 4.79 Å². The van der Waals surface area contributed by atoms with Crippen LogP contribution in [0.3, 0.4) is 0 Å². The van der Waals surface area contributed by atoms with Crippen molar-refractivity contribution >= 4 is 5.91 Å². The molecule has 138 valence electrons. The van der Waals surface area contributed by atoms with Crippen molar-refractivity contribution in [1.82, 2.24) is 10.3 Å². The van der Waals surface area contributed by atoms with E-state index in [4.69, 9.17) is 0 Å². The Morgan fingerprint density at radius 3 is 2.46 bits per heavy atom. The molecule has 0 saturated heterocycles. The number of nitrogens with zero attached hydrogens (tertiary/aromatic N) is 1. The highest BCUT2D eigenvalue weighted by Crippen LogP contribution is 2.32. The van der Waals surface area contributed by atoms with Crippen LogP contribution in [0.4, 0.5) is 0 Å². The molecular weight excluding hydrogens is 320 g/mol. The van der Waals surface area contributed by atoms with Crippen LogP contribution in [0.1, 0.15) is 69.2 Å². The molecule has 3 rings (SSSR count). The van der Waals surface area contributed by atoms with E-state index in [0.29, 0.717) is 0 Å². The van der Waals surface area contributed by atoms with Gasteiger partial charge in [0.2, 0.25) is 5.91 Å². The monoisotopic (exact) mass is 350 g/mol. The number of hydrogen-bond donors (Lipinski definition) is 1. The SMILES string of the molecule is CCCCC1CCC(C(=O)NC(c2ccccc2)c2ccccn2)CC1. The first kappa shape index (κ1) is 18.6. The number of pyridine rings is 1. The van der Waals surface area contributed by atoms with E-state index in [1.54, 1.807) is 6.20 Å². The number of aromatic nitrogens is 1. The van der Waals surface area contributed by atoms with E-state index in [2.05, 4.69) is 29.4 Å². The molecule has 1 unspecified atom stereocenters. The fraction of sp³-hybridized carbons (Fsp3) is 0.478. The summed E-state index contributed by atoms with van der Waals surface area (Å²) < 4.78 is 0. The Morgan fingerprint density at radius 2 is 1.81 bits per heavy atom. The quantitative estimate of drug-likeness (QED) is 0.738. The third-order valence-corrected chi connectivity index (χ3v) is 5.59. The average Bonchev–Trinajstić information content (AvgIpc) is 2.72. The summed E-state index contributed by atoms with van der Waals surface area (Å²) in [7, 11) is 0. The van der Waals surface area contributed by atoms with Gasteiger partial charge in [0.05, 0.1) is 11.7 Å². The number of nitrogens with one attached hydrogen (secondary N) is 1. The molecule has 0 spiro atoms. The van der Waals surface area contributed by atoms with Crippen LogP contribution in [0.25, 0.3) is 0 Å². The van der Waals surface area contributed by atoms with Crippen molar-refractivity contribution in [2.75, 3.05) is 0 Å². The van der Waals surface area contributed by atoms with E-state index in [0.717, 1.165) is 30.0 Å². The first-order valence-electron chi connectivity index (χ1n) is 10.0. The van der Waals surface area contributed by atoms with Crippen molar-refractivity contribution in [3.63, 3.8) is 0 Å². The molecule has 1 atom stereocenters. The van der Waals surface area contributed by atoms with Crippen LogP contribution in [0.2, 0.25) is 0 Å². The molecule has 1 saturated carbocycles. The zero-order valence-corrected chi connectivity index (χ0v) is 15.7. The fourth-order valence-electron chi connectivity index (χ4n) is 3.99. The van der Waals surface area contributed by atoms with E-state index >= 15 is 0 Å². The Kier molecular flexibility index (Phi) is 6.82. The van der Waals surface area contributed by atoms with Crippen LogP contribution in [-0.4, -0.2) is 10.9 Å². The average molecular weight is 351 g/mol. The standard InChI is InChI=1S/C23H30N2O/c1-2-3-9-18-13-15-20(16-14-18)23(26)25-22(19-10-5-4-6-11-19)21-12-7-8-17-24-21/h4-8,10-12,17-18,20,22H,2-3,9,13-16H2,1H3,(H,25,26). The first-order valence-corrected chi connectivity index (χ1v) is 10.0. The van der Waals surface area contributed by atoms with Gasteiger partial charge in [-0.15, -0.1) is 0 Å². The van der Waals surface area contributed by atoms with Gasteiger partial charge in [-0.1, -0.05) is 62.6 Å². The third kappa shape index (κ3) is 4.94. The Labute approximate surface area is 157 Å². The minimum Gasteiger partial charge on any atom is -0.343 e. The normalized spacial score (nSPS) is 21.1. The van der Waals surface area contributed by atoms with Gasteiger partial charge in [-0.05, 0) is 49.3 Å². The topological polar surface area (TPSA) is 42.0 Å². The van der Waals surface area contributed by atoms with Gasteiger partial charge in [-0.25, -0.2) is 0 Å². The number of benzene rings is 1. The molecule has 2 aromatic rings.